The van der Waals surface area contributed by atoms with Crippen molar-refractivity contribution >= 4 is 11.9 Å². The van der Waals surface area contributed by atoms with Gasteiger partial charge in [-0.15, -0.1) is 0 Å². The predicted molar refractivity (Wildman–Crippen MR) is 136 cm³/mol. The molecule has 9 heteroatoms. The second-order valence-electron chi connectivity index (χ2n) is 9.99. The van der Waals surface area contributed by atoms with E-state index in [2.05, 4.69) is 23.8 Å². The molecule has 0 bridgehead atoms. The highest BCUT2D eigenvalue weighted by Crippen LogP contribution is 2.42. The van der Waals surface area contributed by atoms with Gasteiger partial charge in [-0.2, -0.15) is 0 Å². The standard InChI is InChI=1S/C29H30F3N3O3/c1-16-12-18(13-17(2)28(16)35(3)29(37)38-4)20-10-11-33-15-19(20)14-25(36)24-9-8-23(32)27(34-24)26-21(30)6-5-7-22(26)31/h5-11,15-18,28H,12-14H2,1-4H3/t16-,17+,18?,28?. The summed E-state index contributed by atoms with van der Waals surface area (Å²) in [6.07, 6.45) is 4.49. The van der Waals surface area contributed by atoms with Crippen LogP contribution in [0.4, 0.5) is 18.0 Å². The average molecular weight is 526 g/mol. The van der Waals surface area contributed by atoms with Crippen molar-refractivity contribution in [1.29, 1.82) is 0 Å². The number of hydrogen-bond acceptors (Lipinski definition) is 5. The number of halogens is 3. The van der Waals surface area contributed by atoms with Gasteiger partial charge >= 0.3 is 6.09 Å². The lowest BCUT2D eigenvalue weighted by atomic mass is 9.69. The number of amides is 1. The molecule has 200 valence electrons. The van der Waals surface area contributed by atoms with Crippen LogP contribution in [0.3, 0.4) is 0 Å². The zero-order valence-corrected chi connectivity index (χ0v) is 21.7. The van der Waals surface area contributed by atoms with Gasteiger partial charge in [0.15, 0.2) is 5.78 Å². The molecule has 0 radical (unpaired) electrons. The number of carbonyl (C=O) groups is 2. The fourth-order valence-corrected chi connectivity index (χ4v) is 5.86. The molecular weight excluding hydrogens is 495 g/mol. The molecule has 6 nitrogen and oxygen atoms in total. The van der Waals surface area contributed by atoms with Crippen LogP contribution in [-0.2, 0) is 11.2 Å². The lowest BCUT2D eigenvalue weighted by Gasteiger charge is -2.43. The molecule has 2 heterocycles. The molecule has 3 aromatic rings. The third-order valence-electron chi connectivity index (χ3n) is 7.45. The molecule has 2 unspecified atom stereocenters. The van der Waals surface area contributed by atoms with Crippen LogP contribution >= 0.6 is 0 Å². The largest absolute Gasteiger partial charge is 0.453 e. The number of methoxy groups -OCH3 is 1. The molecular formula is C29H30F3N3O3. The summed E-state index contributed by atoms with van der Waals surface area (Å²) in [6, 6.07) is 7.32. The maximum Gasteiger partial charge on any atom is 0.409 e. The van der Waals surface area contributed by atoms with Crippen LogP contribution < -0.4 is 0 Å². The smallest absolute Gasteiger partial charge is 0.409 e. The number of aromatic nitrogens is 2. The minimum absolute atomic E-state index is 0.0197. The third kappa shape index (κ3) is 5.42. The van der Waals surface area contributed by atoms with E-state index in [-0.39, 0.29) is 42.0 Å². The Balaban J connectivity index is 1.58. The molecule has 0 spiro atoms. The molecule has 1 amide bonds. The average Bonchev–Trinajstić information content (AvgIpc) is 2.88. The number of hydrogen-bond donors (Lipinski definition) is 0. The van der Waals surface area contributed by atoms with Crippen LogP contribution in [-0.4, -0.2) is 46.9 Å². The Bertz CT molecular complexity index is 1320. The van der Waals surface area contributed by atoms with Crippen molar-refractivity contribution in [2.75, 3.05) is 14.2 Å². The van der Waals surface area contributed by atoms with E-state index < -0.39 is 34.5 Å². The van der Waals surface area contributed by atoms with Crippen molar-refractivity contribution in [3.8, 4) is 11.3 Å². The van der Waals surface area contributed by atoms with Crippen LogP contribution in [0.2, 0.25) is 0 Å². The topological polar surface area (TPSA) is 72.4 Å². The maximum absolute atomic E-state index is 14.5. The van der Waals surface area contributed by atoms with E-state index in [0.29, 0.717) is 5.56 Å². The summed E-state index contributed by atoms with van der Waals surface area (Å²) in [7, 11) is 3.11. The summed E-state index contributed by atoms with van der Waals surface area (Å²) >= 11 is 0. The molecule has 1 saturated carbocycles. The zero-order valence-electron chi connectivity index (χ0n) is 21.7. The van der Waals surface area contributed by atoms with E-state index in [1.165, 1.54) is 19.2 Å². The molecule has 1 aliphatic rings. The van der Waals surface area contributed by atoms with Crippen LogP contribution in [0.1, 0.15) is 54.2 Å². The summed E-state index contributed by atoms with van der Waals surface area (Å²) < 4.78 is 48.0. The normalized spacial score (nSPS) is 21.1. The number of carbonyl (C=O) groups excluding carboxylic acids is 2. The summed E-state index contributed by atoms with van der Waals surface area (Å²) in [4.78, 5) is 35.2. The highest BCUT2D eigenvalue weighted by atomic mass is 19.1. The molecule has 1 fully saturated rings. The number of rotatable bonds is 6. The summed E-state index contributed by atoms with van der Waals surface area (Å²) in [5.74, 6) is -2.78. The van der Waals surface area contributed by atoms with Crippen LogP contribution in [0, 0.1) is 29.3 Å². The van der Waals surface area contributed by atoms with Crippen LogP contribution in [0.25, 0.3) is 11.3 Å². The van der Waals surface area contributed by atoms with Gasteiger partial charge in [0.25, 0.3) is 0 Å². The fraction of sp³-hybridized carbons (Fsp3) is 0.379. The highest BCUT2D eigenvalue weighted by Gasteiger charge is 2.38. The van der Waals surface area contributed by atoms with Gasteiger partial charge in [0, 0.05) is 31.9 Å². The highest BCUT2D eigenvalue weighted by molar-refractivity contribution is 5.96. The molecule has 0 N–H and O–H groups in total. The van der Waals surface area contributed by atoms with Gasteiger partial charge in [-0.25, -0.2) is 22.9 Å². The first-order valence-electron chi connectivity index (χ1n) is 12.5. The first-order chi connectivity index (χ1) is 18.1. The number of Topliss-reactive ketones (excluding diaryl/α,β-unsaturated/α-hetero) is 1. The van der Waals surface area contributed by atoms with Gasteiger partial charge in [0.05, 0.1) is 12.7 Å². The monoisotopic (exact) mass is 525 g/mol. The Hall–Kier alpha value is -3.75. The van der Waals surface area contributed by atoms with Crippen LogP contribution in [0.15, 0.2) is 48.8 Å². The predicted octanol–water partition coefficient (Wildman–Crippen LogP) is 6.20. The number of ketones is 1. The van der Waals surface area contributed by atoms with Crippen molar-refractivity contribution in [3.05, 3.63) is 83.1 Å². The lowest BCUT2D eigenvalue weighted by molar-refractivity contribution is 0.0621. The van der Waals surface area contributed by atoms with Gasteiger partial charge in [-0.1, -0.05) is 19.9 Å². The molecule has 2 aromatic heterocycles. The zero-order chi connectivity index (χ0) is 27.6. The maximum atomic E-state index is 14.5. The summed E-state index contributed by atoms with van der Waals surface area (Å²) in [5.41, 5.74) is 0.441. The Kier molecular flexibility index (Phi) is 8.14. The van der Waals surface area contributed by atoms with E-state index in [0.717, 1.165) is 36.6 Å². The number of ether oxygens (including phenoxy) is 1. The van der Waals surface area contributed by atoms with Crippen molar-refractivity contribution in [1.82, 2.24) is 14.9 Å². The molecule has 4 atom stereocenters. The van der Waals surface area contributed by atoms with Gasteiger partial charge in [-0.3, -0.25) is 9.78 Å². The van der Waals surface area contributed by atoms with Crippen LogP contribution in [0.5, 0.6) is 0 Å². The second kappa shape index (κ2) is 11.3. The van der Waals surface area contributed by atoms with E-state index in [1.54, 1.807) is 24.3 Å². The van der Waals surface area contributed by atoms with Gasteiger partial charge in [0.2, 0.25) is 0 Å². The first-order valence-corrected chi connectivity index (χ1v) is 12.5. The van der Waals surface area contributed by atoms with E-state index in [4.69, 9.17) is 4.74 Å². The van der Waals surface area contributed by atoms with Gasteiger partial charge < -0.3 is 9.64 Å². The summed E-state index contributed by atoms with van der Waals surface area (Å²) in [5, 5.41) is 0. The van der Waals surface area contributed by atoms with Crippen molar-refractivity contribution in [3.63, 3.8) is 0 Å². The van der Waals surface area contributed by atoms with Gasteiger partial charge in [0.1, 0.15) is 28.8 Å². The minimum Gasteiger partial charge on any atom is -0.453 e. The summed E-state index contributed by atoms with van der Waals surface area (Å²) in [6.45, 7) is 4.20. The minimum atomic E-state index is -0.966. The molecule has 1 aliphatic carbocycles. The molecule has 1 aromatic carbocycles. The third-order valence-corrected chi connectivity index (χ3v) is 7.45. The van der Waals surface area contributed by atoms with Crippen molar-refractivity contribution in [2.45, 2.75) is 45.1 Å². The molecule has 4 rings (SSSR count). The Labute approximate surface area is 219 Å². The van der Waals surface area contributed by atoms with E-state index in [1.807, 2.05) is 6.07 Å². The van der Waals surface area contributed by atoms with E-state index in [9.17, 15) is 22.8 Å². The Morgan fingerprint density at radius 2 is 1.66 bits per heavy atom. The molecule has 38 heavy (non-hydrogen) atoms. The number of nitrogens with zero attached hydrogens (tertiary/aromatic N) is 3. The van der Waals surface area contributed by atoms with Crippen molar-refractivity contribution < 1.29 is 27.5 Å². The molecule has 0 saturated heterocycles. The Morgan fingerprint density at radius 3 is 2.29 bits per heavy atom. The quantitative estimate of drug-likeness (QED) is 0.358. The SMILES string of the molecule is COC(=O)N(C)C1[C@H](C)CC(c2ccncc2CC(=O)c2ccc(F)c(-c3c(F)cccc3F)n2)C[C@@H]1C. The number of benzene rings is 1. The van der Waals surface area contributed by atoms with E-state index >= 15 is 0 Å². The molecule has 0 aliphatic heterocycles. The van der Waals surface area contributed by atoms with Crippen molar-refractivity contribution in [2.24, 2.45) is 11.8 Å². The first kappa shape index (κ1) is 27.3. The second-order valence-corrected chi connectivity index (χ2v) is 9.99. The van der Waals surface area contributed by atoms with Gasteiger partial charge in [-0.05, 0) is 72.1 Å². The fourth-order valence-electron chi connectivity index (χ4n) is 5.86. The number of pyridine rings is 2. The lowest BCUT2D eigenvalue weighted by Crippen LogP contribution is -2.48. The Morgan fingerprint density at radius 1 is 1.00 bits per heavy atom.